The van der Waals surface area contributed by atoms with Gasteiger partial charge in [0.1, 0.15) is 0 Å². The Bertz CT molecular complexity index is 1570. The van der Waals surface area contributed by atoms with Gasteiger partial charge in [-0.2, -0.15) is 0 Å². The number of benzene rings is 2. The molecule has 0 saturated heterocycles. The van der Waals surface area contributed by atoms with Crippen LogP contribution in [0.3, 0.4) is 0 Å². The molecule has 3 aromatic rings. The second kappa shape index (κ2) is 12.1. The summed E-state index contributed by atoms with van der Waals surface area (Å²) in [5.41, 5.74) is 16.1. The molecular weight excluding hydrogens is 502 g/mol. The SMILES string of the molecule is C/C(=C\C1C=CC=CC1)c1ccc(-c2ccc(-c3ccc(C(/C=C4/C=CC=CC4)=C/N)cc3)s2)c(C(C)(C)C)c1. The quantitative estimate of drug-likeness (QED) is 0.330. The third-order valence-corrected chi connectivity index (χ3v) is 8.73. The van der Waals surface area contributed by atoms with Crippen molar-refractivity contribution in [1.82, 2.24) is 0 Å². The van der Waals surface area contributed by atoms with Crippen LogP contribution in [0.15, 0.2) is 127 Å². The van der Waals surface area contributed by atoms with Crippen molar-refractivity contribution in [2.45, 2.75) is 46.0 Å². The van der Waals surface area contributed by atoms with Gasteiger partial charge in [0.05, 0.1) is 0 Å². The molecule has 2 aromatic carbocycles. The van der Waals surface area contributed by atoms with Crippen LogP contribution in [0.5, 0.6) is 0 Å². The number of thiophene rings is 1. The van der Waals surface area contributed by atoms with Crippen molar-refractivity contribution in [3.63, 3.8) is 0 Å². The van der Waals surface area contributed by atoms with E-state index in [0.29, 0.717) is 5.92 Å². The van der Waals surface area contributed by atoms with Crippen LogP contribution in [0.25, 0.3) is 32.0 Å². The van der Waals surface area contributed by atoms with Crippen molar-refractivity contribution < 1.29 is 0 Å². The van der Waals surface area contributed by atoms with E-state index in [9.17, 15) is 0 Å². The predicted molar refractivity (Wildman–Crippen MR) is 177 cm³/mol. The van der Waals surface area contributed by atoms with Gasteiger partial charge in [-0.25, -0.2) is 0 Å². The van der Waals surface area contributed by atoms with Crippen molar-refractivity contribution in [3.8, 4) is 20.9 Å². The number of hydrogen-bond acceptors (Lipinski definition) is 2. The fourth-order valence-electron chi connectivity index (χ4n) is 5.29. The first kappa shape index (κ1) is 27.7. The summed E-state index contributed by atoms with van der Waals surface area (Å²) in [5, 5.41) is 0. The molecule has 2 aliphatic carbocycles. The minimum atomic E-state index is 0.0354. The van der Waals surface area contributed by atoms with Crippen molar-refractivity contribution in [2.75, 3.05) is 0 Å². The highest BCUT2D eigenvalue weighted by molar-refractivity contribution is 7.18. The van der Waals surface area contributed by atoms with Crippen LogP contribution >= 0.6 is 11.3 Å². The summed E-state index contributed by atoms with van der Waals surface area (Å²) in [6, 6.07) is 20.3. The molecule has 1 heterocycles. The van der Waals surface area contributed by atoms with E-state index < -0.39 is 0 Å². The minimum Gasteiger partial charge on any atom is -0.404 e. The Balaban J connectivity index is 1.40. The Hall–Kier alpha value is -3.88. The maximum absolute atomic E-state index is 6.01. The summed E-state index contributed by atoms with van der Waals surface area (Å²) in [7, 11) is 0. The van der Waals surface area contributed by atoms with Crippen LogP contribution < -0.4 is 5.73 Å². The molecule has 202 valence electrons. The van der Waals surface area contributed by atoms with Crippen molar-refractivity contribution in [1.29, 1.82) is 0 Å². The standard InChI is InChI=1S/C38H39NS/c1-27(23-28-11-7-5-8-12-28)32-19-20-34(35(25-32)38(2,3)4)37-22-21-36(40-37)31-17-15-30(16-18-31)33(26-39)24-29-13-9-6-10-14-29/h5-11,13,15-26,28H,12,14,39H2,1-4H3/b27-23+,29-24-,33-26+. The smallest absolute Gasteiger partial charge is 0.0352 e. The van der Waals surface area contributed by atoms with Gasteiger partial charge in [-0.1, -0.05) is 118 Å². The molecule has 0 amide bonds. The molecule has 2 N–H and O–H groups in total. The Morgan fingerprint density at radius 3 is 2.30 bits per heavy atom. The van der Waals surface area contributed by atoms with E-state index >= 15 is 0 Å². The van der Waals surface area contributed by atoms with E-state index in [4.69, 9.17) is 5.73 Å². The van der Waals surface area contributed by atoms with Gasteiger partial charge < -0.3 is 5.73 Å². The maximum atomic E-state index is 6.01. The summed E-state index contributed by atoms with van der Waals surface area (Å²) >= 11 is 1.86. The largest absolute Gasteiger partial charge is 0.404 e. The Morgan fingerprint density at radius 1 is 0.875 bits per heavy atom. The summed E-state index contributed by atoms with van der Waals surface area (Å²) in [6.07, 6.45) is 25.6. The molecule has 1 unspecified atom stereocenters. The highest BCUT2D eigenvalue weighted by atomic mass is 32.1. The lowest BCUT2D eigenvalue weighted by molar-refractivity contribution is 0.592. The second-order valence-corrected chi connectivity index (χ2v) is 12.7. The van der Waals surface area contributed by atoms with Gasteiger partial charge in [-0.15, -0.1) is 11.3 Å². The molecule has 2 aliphatic rings. The molecule has 1 atom stereocenters. The first-order valence-corrected chi connectivity index (χ1v) is 15.0. The van der Waals surface area contributed by atoms with Crippen molar-refractivity contribution in [3.05, 3.63) is 144 Å². The molecule has 1 aromatic heterocycles. The van der Waals surface area contributed by atoms with Crippen LogP contribution in [0.1, 0.15) is 57.2 Å². The summed E-state index contributed by atoms with van der Waals surface area (Å²) in [5.74, 6) is 0.475. The average Bonchev–Trinajstić information content (AvgIpc) is 3.47. The van der Waals surface area contributed by atoms with Gasteiger partial charge in [0.2, 0.25) is 0 Å². The third-order valence-electron chi connectivity index (χ3n) is 7.57. The molecule has 40 heavy (non-hydrogen) atoms. The fourth-order valence-corrected chi connectivity index (χ4v) is 6.35. The lowest BCUT2D eigenvalue weighted by Gasteiger charge is -2.24. The Morgan fingerprint density at radius 2 is 1.62 bits per heavy atom. The van der Waals surface area contributed by atoms with Gasteiger partial charge >= 0.3 is 0 Å². The van der Waals surface area contributed by atoms with Gasteiger partial charge in [0.15, 0.2) is 0 Å². The molecule has 0 fully saturated rings. The first-order valence-electron chi connectivity index (χ1n) is 14.2. The molecule has 0 aliphatic heterocycles. The molecule has 0 bridgehead atoms. The second-order valence-electron chi connectivity index (χ2n) is 11.6. The van der Waals surface area contributed by atoms with Crippen molar-refractivity contribution >= 4 is 22.5 Å². The zero-order chi connectivity index (χ0) is 28.1. The van der Waals surface area contributed by atoms with E-state index in [1.807, 2.05) is 11.3 Å². The van der Waals surface area contributed by atoms with E-state index in [1.54, 1.807) is 6.20 Å². The van der Waals surface area contributed by atoms with Gasteiger partial charge in [0.25, 0.3) is 0 Å². The molecule has 5 rings (SSSR count). The zero-order valence-electron chi connectivity index (χ0n) is 24.0. The molecule has 2 heteroatoms. The lowest BCUT2D eigenvalue weighted by atomic mass is 9.81. The van der Waals surface area contributed by atoms with Crippen LogP contribution in [-0.2, 0) is 5.41 Å². The number of hydrogen-bond donors (Lipinski definition) is 1. The number of allylic oxidation sites excluding steroid dienone is 13. The van der Waals surface area contributed by atoms with Crippen LogP contribution in [0.4, 0.5) is 0 Å². The average molecular weight is 542 g/mol. The van der Waals surface area contributed by atoms with E-state index in [-0.39, 0.29) is 5.41 Å². The normalized spacial score (nSPS) is 18.6. The summed E-state index contributed by atoms with van der Waals surface area (Å²) in [4.78, 5) is 2.58. The topological polar surface area (TPSA) is 26.0 Å². The molecule has 0 radical (unpaired) electrons. The molecule has 1 nitrogen and oxygen atoms in total. The minimum absolute atomic E-state index is 0.0354. The van der Waals surface area contributed by atoms with E-state index in [1.165, 1.54) is 43.2 Å². The Kier molecular flexibility index (Phi) is 8.38. The first-order chi connectivity index (χ1) is 19.3. The van der Waals surface area contributed by atoms with Gasteiger partial charge in [-0.3, -0.25) is 0 Å². The Labute approximate surface area is 244 Å². The molecular formula is C38H39NS. The molecule has 0 spiro atoms. The zero-order valence-corrected chi connectivity index (χ0v) is 24.8. The highest BCUT2D eigenvalue weighted by Gasteiger charge is 2.21. The van der Waals surface area contributed by atoms with Crippen molar-refractivity contribution in [2.24, 2.45) is 11.7 Å². The fraction of sp³-hybridized carbons (Fsp3) is 0.211. The highest BCUT2D eigenvalue weighted by Crippen LogP contribution is 2.41. The van der Waals surface area contributed by atoms with E-state index in [2.05, 4.69) is 143 Å². The maximum Gasteiger partial charge on any atom is 0.0352 e. The monoisotopic (exact) mass is 541 g/mol. The van der Waals surface area contributed by atoms with Crippen LogP contribution in [0.2, 0.25) is 0 Å². The van der Waals surface area contributed by atoms with E-state index in [0.717, 1.165) is 24.0 Å². The lowest BCUT2D eigenvalue weighted by Crippen LogP contribution is -2.13. The third kappa shape index (κ3) is 6.46. The number of rotatable bonds is 6. The number of nitrogens with two attached hydrogens (primary N) is 1. The van der Waals surface area contributed by atoms with Gasteiger partial charge in [-0.05, 0) is 93.8 Å². The molecule has 0 saturated carbocycles. The van der Waals surface area contributed by atoms with Crippen LogP contribution in [0, 0.1) is 5.92 Å². The van der Waals surface area contributed by atoms with Gasteiger partial charge in [0, 0.05) is 16.0 Å². The summed E-state index contributed by atoms with van der Waals surface area (Å²) in [6.45, 7) is 9.18. The summed E-state index contributed by atoms with van der Waals surface area (Å²) < 4.78 is 0. The van der Waals surface area contributed by atoms with Crippen LogP contribution in [-0.4, -0.2) is 0 Å². The predicted octanol–water partition coefficient (Wildman–Crippen LogP) is 10.7.